The summed E-state index contributed by atoms with van der Waals surface area (Å²) in [5, 5.41) is 0. The van der Waals surface area contributed by atoms with Crippen LogP contribution in [0.2, 0.25) is 0 Å². The standard InChI is InChI=1S/C6H10O.C5H8O/c1-5(2)4-6(3)7;1-3-4-5(2)6/h4H,1-3H3;3-4H,1-2H3. The lowest BCUT2D eigenvalue weighted by molar-refractivity contribution is -0.113. The van der Waals surface area contributed by atoms with E-state index in [1.807, 2.05) is 20.8 Å². The highest BCUT2D eigenvalue weighted by molar-refractivity contribution is 5.87. The predicted octanol–water partition coefficient (Wildman–Crippen LogP) is 2.69. The molecule has 0 radical (unpaired) electrons. The second kappa shape index (κ2) is 8.91. The Hall–Kier alpha value is -1.18. The summed E-state index contributed by atoms with van der Waals surface area (Å²) < 4.78 is 0. The van der Waals surface area contributed by atoms with Crippen molar-refractivity contribution in [2.75, 3.05) is 0 Å². The van der Waals surface area contributed by atoms with Gasteiger partial charge in [-0.25, -0.2) is 0 Å². The molecule has 2 heteroatoms. The molecular weight excluding hydrogens is 164 g/mol. The van der Waals surface area contributed by atoms with Crippen LogP contribution in [0, 0.1) is 0 Å². The fourth-order valence-electron chi connectivity index (χ4n) is 0.641. The van der Waals surface area contributed by atoms with Crippen molar-refractivity contribution in [3.05, 3.63) is 23.8 Å². The number of hydrogen-bond donors (Lipinski definition) is 0. The van der Waals surface area contributed by atoms with Crippen molar-refractivity contribution in [2.45, 2.75) is 34.6 Å². The van der Waals surface area contributed by atoms with Gasteiger partial charge in [-0.15, -0.1) is 0 Å². The van der Waals surface area contributed by atoms with Crippen LogP contribution in [0.1, 0.15) is 34.6 Å². The molecule has 0 N–H and O–H groups in total. The SMILES string of the molecule is CC(=O)C=C(C)C.CC=CC(C)=O. The lowest BCUT2D eigenvalue weighted by atomic mass is 10.3. The molecule has 0 fully saturated rings. The minimum absolute atomic E-state index is 0.109. The Kier molecular flexibility index (Phi) is 9.84. The van der Waals surface area contributed by atoms with Gasteiger partial charge in [-0.2, -0.15) is 0 Å². The summed E-state index contributed by atoms with van der Waals surface area (Å²) in [6.45, 7) is 8.71. The van der Waals surface area contributed by atoms with Gasteiger partial charge in [-0.05, 0) is 46.8 Å². The van der Waals surface area contributed by atoms with E-state index in [1.165, 1.54) is 13.0 Å². The van der Waals surface area contributed by atoms with Gasteiger partial charge in [0.05, 0.1) is 0 Å². The van der Waals surface area contributed by atoms with E-state index in [1.54, 1.807) is 19.1 Å². The number of hydrogen-bond acceptors (Lipinski definition) is 2. The van der Waals surface area contributed by atoms with E-state index in [0.29, 0.717) is 0 Å². The van der Waals surface area contributed by atoms with E-state index in [0.717, 1.165) is 5.57 Å². The largest absolute Gasteiger partial charge is 0.295 e. The van der Waals surface area contributed by atoms with E-state index >= 15 is 0 Å². The van der Waals surface area contributed by atoms with Gasteiger partial charge in [-0.1, -0.05) is 11.6 Å². The smallest absolute Gasteiger partial charge is 0.152 e. The fraction of sp³-hybridized carbons (Fsp3) is 0.455. The molecule has 0 aromatic carbocycles. The molecule has 2 nitrogen and oxygen atoms in total. The predicted molar refractivity (Wildman–Crippen MR) is 55.6 cm³/mol. The number of allylic oxidation sites excluding steroid dienone is 4. The van der Waals surface area contributed by atoms with Crippen LogP contribution >= 0.6 is 0 Å². The first-order chi connectivity index (χ1) is 5.90. The summed E-state index contributed by atoms with van der Waals surface area (Å²) >= 11 is 0. The highest BCUT2D eigenvalue weighted by Gasteiger charge is 1.80. The normalized spacial score (nSPS) is 8.69. The molecule has 0 saturated heterocycles. The van der Waals surface area contributed by atoms with Crippen molar-refractivity contribution >= 4 is 11.6 Å². The highest BCUT2D eigenvalue weighted by atomic mass is 16.1. The molecule has 0 amide bonds. The molecule has 0 aromatic rings. The quantitative estimate of drug-likeness (QED) is 0.615. The topological polar surface area (TPSA) is 34.1 Å². The van der Waals surface area contributed by atoms with Gasteiger partial charge in [0, 0.05) is 0 Å². The van der Waals surface area contributed by atoms with Crippen LogP contribution < -0.4 is 0 Å². The molecular formula is C11H18O2. The van der Waals surface area contributed by atoms with E-state index in [-0.39, 0.29) is 11.6 Å². The van der Waals surface area contributed by atoms with Gasteiger partial charge in [0.1, 0.15) is 0 Å². The Bertz CT molecular complexity index is 218. The number of carbonyl (C=O) groups is 2. The molecule has 0 heterocycles. The first-order valence-corrected chi connectivity index (χ1v) is 4.18. The molecule has 0 aromatic heterocycles. The molecule has 0 rings (SSSR count). The zero-order valence-electron chi connectivity index (χ0n) is 9.05. The molecule has 0 saturated carbocycles. The van der Waals surface area contributed by atoms with Crippen molar-refractivity contribution in [1.29, 1.82) is 0 Å². The van der Waals surface area contributed by atoms with Gasteiger partial charge in [0.2, 0.25) is 0 Å². The van der Waals surface area contributed by atoms with Gasteiger partial charge in [-0.3, -0.25) is 9.59 Å². The second-order valence-corrected chi connectivity index (χ2v) is 2.94. The summed E-state index contributed by atoms with van der Waals surface area (Å²) in [4.78, 5) is 20.1. The van der Waals surface area contributed by atoms with Crippen LogP contribution in [-0.4, -0.2) is 11.6 Å². The zero-order valence-corrected chi connectivity index (χ0v) is 9.05. The van der Waals surface area contributed by atoms with Crippen molar-refractivity contribution in [1.82, 2.24) is 0 Å². The van der Waals surface area contributed by atoms with Crippen LogP contribution in [0.25, 0.3) is 0 Å². The van der Waals surface area contributed by atoms with E-state index < -0.39 is 0 Å². The van der Waals surface area contributed by atoms with Gasteiger partial charge >= 0.3 is 0 Å². The van der Waals surface area contributed by atoms with Crippen LogP contribution in [0.15, 0.2) is 23.8 Å². The maximum Gasteiger partial charge on any atom is 0.152 e. The van der Waals surface area contributed by atoms with E-state index in [9.17, 15) is 9.59 Å². The van der Waals surface area contributed by atoms with Crippen LogP contribution in [0.3, 0.4) is 0 Å². The van der Waals surface area contributed by atoms with Crippen molar-refractivity contribution in [3.8, 4) is 0 Å². The molecule has 0 aliphatic rings. The third kappa shape index (κ3) is 24.8. The minimum atomic E-state index is 0.109. The first kappa shape index (κ1) is 14.3. The van der Waals surface area contributed by atoms with Crippen molar-refractivity contribution in [3.63, 3.8) is 0 Å². The third-order valence-corrected chi connectivity index (χ3v) is 0.893. The van der Waals surface area contributed by atoms with E-state index in [2.05, 4.69) is 0 Å². The van der Waals surface area contributed by atoms with Crippen LogP contribution in [-0.2, 0) is 9.59 Å². The summed E-state index contributed by atoms with van der Waals surface area (Å²) in [5.41, 5.74) is 1.06. The van der Waals surface area contributed by atoms with Gasteiger partial charge in [0.25, 0.3) is 0 Å². The average molecular weight is 182 g/mol. The Morgan fingerprint density at radius 2 is 1.38 bits per heavy atom. The Morgan fingerprint density at radius 3 is 1.38 bits per heavy atom. The molecule has 0 bridgehead atoms. The van der Waals surface area contributed by atoms with Crippen LogP contribution in [0.4, 0.5) is 0 Å². The Morgan fingerprint density at radius 1 is 0.923 bits per heavy atom. The molecule has 0 aliphatic carbocycles. The molecule has 74 valence electrons. The lowest BCUT2D eigenvalue weighted by Crippen LogP contribution is -1.80. The summed E-state index contributed by atoms with van der Waals surface area (Å²) in [6, 6.07) is 0. The minimum Gasteiger partial charge on any atom is -0.295 e. The van der Waals surface area contributed by atoms with Crippen molar-refractivity contribution in [2.24, 2.45) is 0 Å². The summed E-state index contributed by atoms with van der Waals surface area (Å²) in [5.74, 6) is 0.234. The van der Waals surface area contributed by atoms with Gasteiger partial charge in [0.15, 0.2) is 11.6 Å². The summed E-state index contributed by atoms with van der Waals surface area (Å²) in [7, 11) is 0. The Balaban J connectivity index is 0. The lowest BCUT2D eigenvalue weighted by Gasteiger charge is -1.80. The third-order valence-electron chi connectivity index (χ3n) is 0.893. The molecule has 0 unspecified atom stereocenters. The fourth-order valence-corrected chi connectivity index (χ4v) is 0.641. The number of carbonyl (C=O) groups excluding carboxylic acids is 2. The average Bonchev–Trinajstić information content (AvgIpc) is 1.83. The highest BCUT2D eigenvalue weighted by Crippen LogP contribution is 1.86. The molecule has 0 spiro atoms. The molecule has 0 atom stereocenters. The van der Waals surface area contributed by atoms with E-state index in [4.69, 9.17) is 0 Å². The first-order valence-electron chi connectivity index (χ1n) is 4.18. The second-order valence-electron chi connectivity index (χ2n) is 2.94. The summed E-state index contributed by atoms with van der Waals surface area (Å²) in [6.07, 6.45) is 4.86. The number of rotatable bonds is 2. The van der Waals surface area contributed by atoms with Crippen LogP contribution in [0.5, 0.6) is 0 Å². The zero-order chi connectivity index (χ0) is 10.9. The molecule has 0 aliphatic heterocycles. The molecule has 13 heavy (non-hydrogen) atoms. The number of ketones is 2. The maximum atomic E-state index is 10.2. The van der Waals surface area contributed by atoms with Crippen molar-refractivity contribution < 1.29 is 9.59 Å². The Labute approximate surface area is 80.3 Å². The monoisotopic (exact) mass is 182 g/mol. The maximum absolute atomic E-state index is 10.2. The van der Waals surface area contributed by atoms with Gasteiger partial charge < -0.3 is 0 Å².